The standard InChI is InChI=1S/C11H15ClFNO/c1-14(8-10(15)6-12)7-9-4-2-3-5-11(9)13/h2-5,10,15H,6-8H2,1H3. The van der Waals surface area contributed by atoms with E-state index >= 15 is 0 Å². The lowest BCUT2D eigenvalue weighted by molar-refractivity contribution is 0.140. The van der Waals surface area contributed by atoms with Gasteiger partial charge in [0.2, 0.25) is 0 Å². The van der Waals surface area contributed by atoms with Crippen LogP contribution in [0.5, 0.6) is 0 Å². The second kappa shape index (κ2) is 6.05. The van der Waals surface area contributed by atoms with E-state index in [0.717, 1.165) is 0 Å². The number of halogens is 2. The highest BCUT2D eigenvalue weighted by atomic mass is 35.5. The molecule has 1 unspecified atom stereocenters. The number of rotatable bonds is 5. The molecule has 0 aliphatic heterocycles. The first kappa shape index (κ1) is 12.4. The van der Waals surface area contributed by atoms with Gasteiger partial charge in [-0.3, -0.25) is 4.90 Å². The number of nitrogens with zero attached hydrogens (tertiary/aromatic N) is 1. The van der Waals surface area contributed by atoms with Gasteiger partial charge >= 0.3 is 0 Å². The van der Waals surface area contributed by atoms with Crippen LogP contribution in [0.3, 0.4) is 0 Å². The molecule has 1 aromatic carbocycles. The molecule has 0 spiro atoms. The zero-order chi connectivity index (χ0) is 11.3. The number of benzene rings is 1. The van der Waals surface area contributed by atoms with Gasteiger partial charge < -0.3 is 5.11 Å². The molecule has 0 radical (unpaired) electrons. The predicted octanol–water partition coefficient (Wildman–Crippen LogP) is 1.86. The molecule has 0 saturated heterocycles. The van der Waals surface area contributed by atoms with Gasteiger partial charge in [-0.2, -0.15) is 0 Å². The minimum absolute atomic E-state index is 0.196. The van der Waals surface area contributed by atoms with Crippen molar-refractivity contribution >= 4 is 11.6 Å². The molecule has 0 saturated carbocycles. The van der Waals surface area contributed by atoms with Crippen LogP contribution in [0.1, 0.15) is 5.56 Å². The fraction of sp³-hybridized carbons (Fsp3) is 0.455. The number of likely N-dealkylation sites (N-methyl/N-ethyl adjacent to an activating group) is 1. The van der Waals surface area contributed by atoms with Crippen LogP contribution in [0.2, 0.25) is 0 Å². The summed E-state index contributed by atoms with van der Waals surface area (Å²) in [4.78, 5) is 1.84. The maximum Gasteiger partial charge on any atom is 0.127 e. The zero-order valence-corrected chi connectivity index (χ0v) is 9.41. The molecule has 84 valence electrons. The van der Waals surface area contributed by atoms with Gasteiger partial charge in [-0.25, -0.2) is 4.39 Å². The van der Waals surface area contributed by atoms with E-state index in [-0.39, 0.29) is 11.7 Å². The van der Waals surface area contributed by atoms with Gasteiger partial charge in [0, 0.05) is 24.5 Å². The fourth-order valence-electron chi connectivity index (χ4n) is 1.39. The first-order chi connectivity index (χ1) is 7.13. The molecule has 4 heteroatoms. The molecule has 0 fully saturated rings. The molecule has 0 amide bonds. The Bertz CT molecular complexity index is 308. The normalized spacial score (nSPS) is 13.1. The lowest BCUT2D eigenvalue weighted by atomic mass is 10.2. The summed E-state index contributed by atoms with van der Waals surface area (Å²) < 4.78 is 13.3. The van der Waals surface area contributed by atoms with E-state index in [4.69, 9.17) is 11.6 Å². The Labute approximate surface area is 94.3 Å². The van der Waals surface area contributed by atoms with Crippen molar-refractivity contribution < 1.29 is 9.50 Å². The summed E-state index contributed by atoms with van der Waals surface area (Å²) in [5, 5.41) is 9.31. The summed E-state index contributed by atoms with van der Waals surface area (Å²) >= 11 is 5.48. The Morgan fingerprint density at radius 1 is 1.47 bits per heavy atom. The van der Waals surface area contributed by atoms with Crippen molar-refractivity contribution in [2.24, 2.45) is 0 Å². The third kappa shape index (κ3) is 4.16. The van der Waals surface area contributed by atoms with Crippen molar-refractivity contribution in [1.82, 2.24) is 4.90 Å². The van der Waals surface area contributed by atoms with E-state index in [0.29, 0.717) is 18.7 Å². The van der Waals surface area contributed by atoms with Crippen molar-refractivity contribution in [3.05, 3.63) is 35.6 Å². The summed E-state index contributed by atoms with van der Waals surface area (Å²) in [5.41, 5.74) is 0.627. The lowest BCUT2D eigenvalue weighted by Crippen LogP contribution is -2.30. The molecule has 0 bridgehead atoms. The number of alkyl halides is 1. The summed E-state index contributed by atoms with van der Waals surface area (Å²) in [6.07, 6.45) is -0.566. The molecule has 1 N–H and O–H groups in total. The Kier molecular flexibility index (Phi) is 5.02. The van der Waals surface area contributed by atoms with Crippen LogP contribution < -0.4 is 0 Å². The Balaban J connectivity index is 2.51. The molecule has 1 rings (SSSR count). The molecule has 0 aromatic heterocycles. The van der Waals surface area contributed by atoms with Gasteiger partial charge in [0.1, 0.15) is 5.82 Å². The summed E-state index contributed by atoms with van der Waals surface area (Å²) in [7, 11) is 1.82. The lowest BCUT2D eigenvalue weighted by Gasteiger charge is -2.19. The maximum absolute atomic E-state index is 13.3. The Hall–Kier alpha value is -0.640. The van der Waals surface area contributed by atoms with Crippen LogP contribution in [-0.4, -0.2) is 35.6 Å². The van der Waals surface area contributed by atoms with E-state index in [9.17, 15) is 9.50 Å². The molecular formula is C11H15ClFNO. The third-order valence-corrected chi connectivity index (χ3v) is 2.45. The van der Waals surface area contributed by atoms with Crippen molar-refractivity contribution in [2.75, 3.05) is 19.5 Å². The summed E-state index contributed by atoms with van der Waals surface area (Å²) in [5.74, 6) is -0.0218. The van der Waals surface area contributed by atoms with Crippen LogP contribution in [0.15, 0.2) is 24.3 Å². The summed E-state index contributed by atoms with van der Waals surface area (Å²) in [6, 6.07) is 6.62. The van der Waals surface area contributed by atoms with Gasteiger partial charge in [0.15, 0.2) is 0 Å². The Morgan fingerprint density at radius 3 is 2.73 bits per heavy atom. The van der Waals surface area contributed by atoms with Crippen molar-refractivity contribution in [3.8, 4) is 0 Å². The molecule has 0 heterocycles. The highest BCUT2D eigenvalue weighted by Gasteiger charge is 2.09. The second-order valence-corrected chi connectivity index (χ2v) is 3.90. The number of aliphatic hydroxyl groups excluding tert-OH is 1. The van der Waals surface area contributed by atoms with Crippen LogP contribution in [-0.2, 0) is 6.54 Å². The van der Waals surface area contributed by atoms with Crippen LogP contribution >= 0.6 is 11.6 Å². The fourth-order valence-corrected chi connectivity index (χ4v) is 1.49. The van der Waals surface area contributed by atoms with Gasteiger partial charge in [-0.05, 0) is 13.1 Å². The molecule has 2 nitrogen and oxygen atoms in total. The first-order valence-electron chi connectivity index (χ1n) is 4.79. The number of aliphatic hydroxyl groups is 1. The van der Waals surface area contributed by atoms with Gasteiger partial charge in [0.25, 0.3) is 0 Å². The zero-order valence-electron chi connectivity index (χ0n) is 8.66. The number of hydrogen-bond acceptors (Lipinski definition) is 2. The molecular weight excluding hydrogens is 217 g/mol. The first-order valence-corrected chi connectivity index (χ1v) is 5.33. The molecule has 15 heavy (non-hydrogen) atoms. The van der Waals surface area contributed by atoms with E-state index < -0.39 is 6.10 Å². The Morgan fingerprint density at radius 2 is 2.13 bits per heavy atom. The topological polar surface area (TPSA) is 23.5 Å². The largest absolute Gasteiger partial charge is 0.391 e. The summed E-state index contributed by atoms with van der Waals surface area (Å²) in [6.45, 7) is 0.915. The van der Waals surface area contributed by atoms with Gasteiger partial charge in [-0.1, -0.05) is 18.2 Å². The predicted molar refractivity (Wildman–Crippen MR) is 59.5 cm³/mol. The second-order valence-electron chi connectivity index (χ2n) is 3.60. The highest BCUT2D eigenvalue weighted by Crippen LogP contribution is 2.09. The van der Waals surface area contributed by atoms with Crippen LogP contribution in [0.25, 0.3) is 0 Å². The van der Waals surface area contributed by atoms with Crippen LogP contribution in [0.4, 0.5) is 4.39 Å². The highest BCUT2D eigenvalue weighted by molar-refractivity contribution is 6.18. The average molecular weight is 232 g/mol. The SMILES string of the molecule is CN(Cc1ccccc1F)CC(O)CCl. The molecule has 1 aromatic rings. The smallest absolute Gasteiger partial charge is 0.127 e. The monoisotopic (exact) mass is 231 g/mol. The van der Waals surface area contributed by atoms with Crippen LogP contribution in [0, 0.1) is 5.82 Å². The van der Waals surface area contributed by atoms with Crippen molar-refractivity contribution in [1.29, 1.82) is 0 Å². The minimum atomic E-state index is -0.566. The van der Waals surface area contributed by atoms with E-state index in [2.05, 4.69) is 0 Å². The van der Waals surface area contributed by atoms with Crippen molar-refractivity contribution in [3.63, 3.8) is 0 Å². The quantitative estimate of drug-likeness (QED) is 0.782. The molecule has 0 aliphatic rings. The third-order valence-electron chi connectivity index (χ3n) is 2.10. The van der Waals surface area contributed by atoms with E-state index in [1.165, 1.54) is 6.07 Å². The van der Waals surface area contributed by atoms with Gasteiger partial charge in [0.05, 0.1) is 6.10 Å². The number of hydrogen-bond donors (Lipinski definition) is 1. The van der Waals surface area contributed by atoms with E-state index in [1.807, 2.05) is 11.9 Å². The minimum Gasteiger partial charge on any atom is -0.391 e. The average Bonchev–Trinajstić information content (AvgIpc) is 2.21. The van der Waals surface area contributed by atoms with Crippen molar-refractivity contribution in [2.45, 2.75) is 12.6 Å². The maximum atomic E-state index is 13.3. The van der Waals surface area contributed by atoms with Gasteiger partial charge in [-0.15, -0.1) is 11.6 Å². The molecule has 0 aliphatic carbocycles. The molecule has 1 atom stereocenters. The van der Waals surface area contributed by atoms with E-state index in [1.54, 1.807) is 18.2 Å².